The van der Waals surface area contributed by atoms with Crippen LogP contribution < -0.4 is 25.4 Å². The van der Waals surface area contributed by atoms with Crippen LogP contribution in [0.5, 0.6) is 17.4 Å². The van der Waals surface area contributed by atoms with Crippen molar-refractivity contribution in [2.45, 2.75) is 32.0 Å². The topological polar surface area (TPSA) is 140 Å². The highest BCUT2D eigenvalue weighted by atomic mass is 35.5. The van der Waals surface area contributed by atoms with Gasteiger partial charge in [-0.1, -0.05) is 71.2 Å². The molecule has 0 aliphatic carbocycles. The Morgan fingerprint density at radius 1 is 1.02 bits per heavy atom. The minimum atomic E-state index is -0.926. The van der Waals surface area contributed by atoms with Gasteiger partial charge in [0.15, 0.2) is 5.75 Å². The van der Waals surface area contributed by atoms with Crippen LogP contribution in [0.3, 0.4) is 0 Å². The van der Waals surface area contributed by atoms with Crippen molar-refractivity contribution >= 4 is 57.7 Å². The lowest BCUT2D eigenvalue weighted by atomic mass is 10.0. The maximum atomic E-state index is 11.5. The van der Waals surface area contributed by atoms with Crippen LogP contribution in [-0.4, -0.2) is 64.3 Å². The van der Waals surface area contributed by atoms with Crippen molar-refractivity contribution in [2.75, 3.05) is 26.7 Å². The van der Waals surface area contributed by atoms with Crippen LogP contribution in [0.25, 0.3) is 33.4 Å². The number of hydrogen-bond donors (Lipinski definition) is 4. The molecule has 49 heavy (non-hydrogen) atoms. The molecule has 1 aliphatic heterocycles. The first-order valence-corrected chi connectivity index (χ1v) is 16.7. The first-order valence-electron chi connectivity index (χ1n) is 15.6. The zero-order valence-corrected chi connectivity index (χ0v) is 28.7. The maximum absolute atomic E-state index is 11.5. The SMILES string of the molecule is COc1nc(-c2cccc(-c3cccc(Oc4cc(Cl)cc5c4ncn5CCNCC(=O)O)c3Cl)c2Cl)ccc1CNC[C@H]1CCC(=O)N1. The quantitative estimate of drug-likeness (QED) is 0.0938. The van der Waals surface area contributed by atoms with E-state index in [-0.39, 0.29) is 18.5 Å². The summed E-state index contributed by atoms with van der Waals surface area (Å²) in [6.45, 7) is 1.97. The van der Waals surface area contributed by atoms with Gasteiger partial charge in [0.2, 0.25) is 11.8 Å². The highest BCUT2D eigenvalue weighted by Gasteiger charge is 2.21. The van der Waals surface area contributed by atoms with Gasteiger partial charge in [-0.2, -0.15) is 0 Å². The van der Waals surface area contributed by atoms with Gasteiger partial charge in [0.1, 0.15) is 11.3 Å². The largest absolute Gasteiger partial charge is 0.481 e. The van der Waals surface area contributed by atoms with E-state index in [0.717, 1.165) is 17.5 Å². The number of halogens is 3. The third-order valence-electron chi connectivity index (χ3n) is 8.13. The predicted octanol–water partition coefficient (Wildman–Crippen LogP) is 6.57. The van der Waals surface area contributed by atoms with E-state index in [4.69, 9.17) is 54.4 Å². The van der Waals surface area contributed by atoms with E-state index in [1.165, 1.54) is 0 Å². The fourth-order valence-electron chi connectivity index (χ4n) is 5.75. The monoisotopic (exact) mass is 722 g/mol. The van der Waals surface area contributed by atoms with Gasteiger partial charge in [-0.3, -0.25) is 9.59 Å². The lowest BCUT2D eigenvalue weighted by Crippen LogP contribution is -2.35. The fourth-order valence-corrected chi connectivity index (χ4v) is 6.54. The molecule has 1 saturated heterocycles. The number of hydrogen-bond acceptors (Lipinski definition) is 8. The molecule has 0 bridgehead atoms. The summed E-state index contributed by atoms with van der Waals surface area (Å²) >= 11 is 20.5. The smallest absolute Gasteiger partial charge is 0.317 e. The number of carboxylic acids is 1. The number of imidazole rings is 1. The highest BCUT2D eigenvalue weighted by molar-refractivity contribution is 6.38. The molecule has 0 unspecified atom stereocenters. The molecule has 3 aromatic carbocycles. The van der Waals surface area contributed by atoms with Gasteiger partial charge in [0.25, 0.3) is 0 Å². The minimum Gasteiger partial charge on any atom is -0.481 e. The minimum absolute atomic E-state index is 0.0861. The summed E-state index contributed by atoms with van der Waals surface area (Å²) in [6, 6.07) is 18.5. The molecule has 14 heteroatoms. The molecule has 5 aromatic rings. The third-order valence-corrected chi connectivity index (χ3v) is 9.15. The molecule has 0 saturated carbocycles. The van der Waals surface area contributed by atoms with E-state index >= 15 is 0 Å². The Morgan fingerprint density at radius 3 is 2.55 bits per heavy atom. The summed E-state index contributed by atoms with van der Waals surface area (Å²) in [4.78, 5) is 31.6. The van der Waals surface area contributed by atoms with E-state index in [0.29, 0.717) is 92.9 Å². The Balaban J connectivity index is 1.23. The molecule has 0 spiro atoms. The average Bonchev–Trinajstić information content (AvgIpc) is 3.69. The molecule has 3 heterocycles. The van der Waals surface area contributed by atoms with E-state index in [2.05, 4.69) is 20.9 Å². The van der Waals surface area contributed by atoms with Gasteiger partial charge in [-0.15, -0.1) is 0 Å². The Kier molecular flexibility index (Phi) is 10.9. The summed E-state index contributed by atoms with van der Waals surface area (Å²) in [7, 11) is 1.58. The molecule has 4 N–H and O–H groups in total. The van der Waals surface area contributed by atoms with Crippen LogP contribution in [0.2, 0.25) is 15.1 Å². The van der Waals surface area contributed by atoms with Crippen molar-refractivity contribution in [3.05, 3.63) is 87.6 Å². The van der Waals surface area contributed by atoms with Gasteiger partial charge < -0.3 is 35.1 Å². The first kappa shape index (κ1) is 34.5. The Hall–Kier alpha value is -4.39. The molecule has 1 atom stereocenters. The number of carbonyl (C=O) groups excluding carboxylic acids is 1. The predicted molar refractivity (Wildman–Crippen MR) is 190 cm³/mol. The number of amides is 1. The molecule has 2 aromatic heterocycles. The van der Waals surface area contributed by atoms with Gasteiger partial charge >= 0.3 is 5.97 Å². The van der Waals surface area contributed by atoms with Crippen molar-refractivity contribution in [1.82, 2.24) is 30.5 Å². The second-order valence-corrected chi connectivity index (χ2v) is 12.7. The van der Waals surface area contributed by atoms with Crippen molar-refractivity contribution < 1.29 is 24.2 Å². The molecule has 1 amide bonds. The Morgan fingerprint density at radius 2 is 1.80 bits per heavy atom. The van der Waals surface area contributed by atoms with E-state index in [1.807, 2.05) is 47.0 Å². The number of carboxylic acid groups (broad SMARTS) is 1. The molecule has 6 rings (SSSR count). The van der Waals surface area contributed by atoms with Crippen molar-refractivity contribution in [1.29, 1.82) is 0 Å². The lowest BCUT2D eigenvalue weighted by Gasteiger charge is -2.16. The highest BCUT2D eigenvalue weighted by Crippen LogP contribution is 2.44. The van der Waals surface area contributed by atoms with Crippen LogP contribution in [0.4, 0.5) is 0 Å². The van der Waals surface area contributed by atoms with Gasteiger partial charge in [0, 0.05) is 72.0 Å². The number of nitrogens with one attached hydrogen (secondary N) is 3. The number of aliphatic carboxylic acids is 1. The van der Waals surface area contributed by atoms with Gasteiger partial charge in [-0.05, 0) is 24.6 Å². The Labute approximate surface area is 297 Å². The van der Waals surface area contributed by atoms with Crippen molar-refractivity contribution in [3.8, 4) is 39.8 Å². The molecule has 254 valence electrons. The third kappa shape index (κ3) is 7.92. The number of fused-ring (bicyclic) bond motifs is 1. The first-order chi connectivity index (χ1) is 23.7. The van der Waals surface area contributed by atoms with Crippen LogP contribution in [0.15, 0.2) is 67.0 Å². The number of ether oxygens (including phenoxy) is 2. The number of rotatable bonds is 14. The van der Waals surface area contributed by atoms with E-state index in [9.17, 15) is 9.59 Å². The maximum Gasteiger partial charge on any atom is 0.317 e. The molecule has 11 nitrogen and oxygen atoms in total. The van der Waals surface area contributed by atoms with Gasteiger partial charge in [-0.25, -0.2) is 9.97 Å². The average molecular weight is 724 g/mol. The fraction of sp³-hybridized carbons (Fsp3) is 0.257. The lowest BCUT2D eigenvalue weighted by molar-refractivity contribution is -0.136. The summed E-state index contributed by atoms with van der Waals surface area (Å²) in [5.74, 6) is 0.434. The summed E-state index contributed by atoms with van der Waals surface area (Å²) in [5, 5.41) is 19.3. The van der Waals surface area contributed by atoms with Crippen LogP contribution in [-0.2, 0) is 22.7 Å². The number of benzene rings is 3. The molecule has 0 radical (unpaired) electrons. The molecule has 1 fully saturated rings. The second kappa shape index (κ2) is 15.4. The number of nitrogens with zero attached hydrogens (tertiary/aromatic N) is 3. The van der Waals surface area contributed by atoms with Gasteiger partial charge in [0.05, 0.1) is 41.2 Å². The van der Waals surface area contributed by atoms with Crippen LogP contribution in [0, 0.1) is 0 Å². The second-order valence-electron chi connectivity index (χ2n) is 11.5. The van der Waals surface area contributed by atoms with E-state index in [1.54, 1.807) is 31.6 Å². The van der Waals surface area contributed by atoms with Crippen LogP contribution >= 0.6 is 34.8 Å². The zero-order valence-electron chi connectivity index (χ0n) is 26.4. The number of carbonyl (C=O) groups is 2. The van der Waals surface area contributed by atoms with Crippen LogP contribution in [0.1, 0.15) is 18.4 Å². The number of aromatic nitrogens is 3. The number of pyridine rings is 1. The Bertz CT molecular complexity index is 2020. The van der Waals surface area contributed by atoms with Crippen molar-refractivity contribution in [3.63, 3.8) is 0 Å². The molecular formula is C35H33Cl3N6O5. The zero-order chi connectivity index (χ0) is 34.5. The van der Waals surface area contributed by atoms with Crippen molar-refractivity contribution in [2.24, 2.45) is 0 Å². The standard InChI is InChI=1S/C35H33Cl3N6O5/c1-48-35-20(16-40-17-22-9-11-30(45)42-22)8-10-26(43-35)25-6-2-4-23(32(25)37)24-5-3-7-28(33(24)38)49-29-15-21(36)14-27-34(29)41-19-44(27)13-12-39-18-31(46)47/h2-8,10,14-15,19,22,39-40H,9,11-13,16-18H2,1H3,(H,42,45)(H,46,47)/t22-/m1/s1. The summed E-state index contributed by atoms with van der Waals surface area (Å²) in [6.07, 6.45) is 3.04. The number of methoxy groups -OCH3 is 1. The summed E-state index contributed by atoms with van der Waals surface area (Å²) < 4.78 is 13.8. The normalized spacial score (nSPS) is 14.3. The molecule has 1 aliphatic rings. The molecular weight excluding hydrogens is 691 g/mol. The van der Waals surface area contributed by atoms with E-state index < -0.39 is 5.97 Å². The summed E-state index contributed by atoms with van der Waals surface area (Å²) in [5.41, 5.74) is 4.87.